The van der Waals surface area contributed by atoms with Crippen molar-refractivity contribution in [1.82, 2.24) is 10.6 Å². The number of carbonyl (C=O) groups is 1. The first-order valence-electron chi connectivity index (χ1n) is 6.35. The third-order valence-corrected chi connectivity index (χ3v) is 2.98. The number of amides is 1. The van der Waals surface area contributed by atoms with E-state index in [4.69, 9.17) is 4.42 Å². The molecule has 4 heteroatoms. The average Bonchev–Trinajstić information content (AvgIpc) is 2.96. The molecule has 0 aromatic carbocycles. The van der Waals surface area contributed by atoms with E-state index in [0.29, 0.717) is 19.0 Å². The number of hydrogen-bond donors (Lipinski definition) is 2. The van der Waals surface area contributed by atoms with Crippen LogP contribution in [-0.2, 0) is 4.79 Å². The maximum atomic E-state index is 11.5. The average molecular weight is 236 g/mol. The highest BCUT2D eigenvalue weighted by atomic mass is 16.3. The lowest BCUT2D eigenvalue weighted by Crippen LogP contribution is -2.30. The van der Waals surface area contributed by atoms with Gasteiger partial charge in [-0.1, -0.05) is 6.92 Å². The number of carbonyl (C=O) groups excluding carboxylic acids is 1. The lowest BCUT2D eigenvalue weighted by molar-refractivity contribution is -0.121. The van der Waals surface area contributed by atoms with E-state index in [9.17, 15) is 4.79 Å². The number of rotatable bonds is 7. The molecule has 1 saturated carbocycles. The van der Waals surface area contributed by atoms with Crippen molar-refractivity contribution in [3.05, 3.63) is 24.2 Å². The summed E-state index contributed by atoms with van der Waals surface area (Å²) in [5.74, 6) is 1.09. The number of nitrogens with one attached hydrogen (secondary N) is 2. The molecule has 1 amide bonds. The molecule has 1 atom stereocenters. The Labute approximate surface area is 102 Å². The second kappa shape index (κ2) is 5.87. The molecule has 1 fully saturated rings. The van der Waals surface area contributed by atoms with Gasteiger partial charge < -0.3 is 15.1 Å². The molecule has 2 rings (SSSR count). The van der Waals surface area contributed by atoms with Gasteiger partial charge in [0.25, 0.3) is 0 Å². The van der Waals surface area contributed by atoms with Crippen LogP contribution in [0, 0.1) is 0 Å². The molecule has 94 valence electrons. The van der Waals surface area contributed by atoms with E-state index in [2.05, 4.69) is 17.6 Å². The molecule has 1 unspecified atom stereocenters. The van der Waals surface area contributed by atoms with Gasteiger partial charge in [-0.15, -0.1) is 0 Å². The number of hydrogen-bond acceptors (Lipinski definition) is 3. The van der Waals surface area contributed by atoms with Gasteiger partial charge in [-0.05, 0) is 31.4 Å². The summed E-state index contributed by atoms with van der Waals surface area (Å²) >= 11 is 0. The Balaban J connectivity index is 1.67. The SMILES string of the molecule is CCC(NCCC(=O)NC1CC1)c1ccco1. The summed E-state index contributed by atoms with van der Waals surface area (Å²) in [6, 6.07) is 4.51. The molecule has 0 radical (unpaired) electrons. The van der Waals surface area contributed by atoms with Crippen molar-refractivity contribution >= 4 is 5.91 Å². The molecule has 2 N–H and O–H groups in total. The third kappa shape index (κ3) is 3.89. The molecule has 4 nitrogen and oxygen atoms in total. The van der Waals surface area contributed by atoms with Crippen molar-refractivity contribution in [2.45, 2.75) is 44.7 Å². The summed E-state index contributed by atoms with van der Waals surface area (Å²) in [5, 5.41) is 6.32. The molecule has 17 heavy (non-hydrogen) atoms. The fourth-order valence-electron chi connectivity index (χ4n) is 1.82. The Hall–Kier alpha value is -1.29. The first kappa shape index (κ1) is 12.2. The number of furan rings is 1. The van der Waals surface area contributed by atoms with Gasteiger partial charge in [0, 0.05) is 19.0 Å². The van der Waals surface area contributed by atoms with Gasteiger partial charge in [0.1, 0.15) is 5.76 Å². The predicted octanol–water partition coefficient (Wildman–Crippen LogP) is 1.99. The topological polar surface area (TPSA) is 54.3 Å². The van der Waals surface area contributed by atoms with E-state index in [-0.39, 0.29) is 11.9 Å². The van der Waals surface area contributed by atoms with E-state index in [1.807, 2.05) is 12.1 Å². The van der Waals surface area contributed by atoms with Gasteiger partial charge in [-0.3, -0.25) is 4.79 Å². The normalized spacial score (nSPS) is 16.8. The fraction of sp³-hybridized carbons (Fsp3) is 0.615. The summed E-state index contributed by atoms with van der Waals surface area (Å²) in [5.41, 5.74) is 0. The minimum atomic E-state index is 0.147. The zero-order chi connectivity index (χ0) is 12.1. The lowest BCUT2D eigenvalue weighted by Gasteiger charge is -2.14. The molecule has 1 aromatic rings. The molecule has 0 spiro atoms. The molecular weight excluding hydrogens is 216 g/mol. The Kier molecular flexibility index (Phi) is 4.20. The summed E-state index contributed by atoms with van der Waals surface area (Å²) in [6.45, 7) is 2.79. The van der Waals surface area contributed by atoms with Crippen molar-refractivity contribution in [2.75, 3.05) is 6.54 Å². The summed E-state index contributed by atoms with van der Waals surface area (Å²) < 4.78 is 5.36. The lowest BCUT2D eigenvalue weighted by atomic mass is 10.1. The summed E-state index contributed by atoms with van der Waals surface area (Å²) in [4.78, 5) is 11.5. The Bertz CT molecular complexity index is 344. The highest BCUT2D eigenvalue weighted by Gasteiger charge is 2.22. The molecule has 1 aliphatic carbocycles. The maximum absolute atomic E-state index is 11.5. The molecule has 1 heterocycles. The first-order chi connectivity index (χ1) is 8.29. The van der Waals surface area contributed by atoms with Gasteiger partial charge in [-0.25, -0.2) is 0 Å². The van der Waals surface area contributed by atoms with Crippen LogP contribution in [0.25, 0.3) is 0 Å². The van der Waals surface area contributed by atoms with Gasteiger partial charge >= 0.3 is 0 Å². The van der Waals surface area contributed by atoms with Crippen molar-refractivity contribution in [3.8, 4) is 0 Å². The molecule has 0 aliphatic heterocycles. The Morgan fingerprint density at radius 1 is 1.59 bits per heavy atom. The minimum Gasteiger partial charge on any atom is -0.468 e. The Morgan fingerprint density at radius 3 is 3.00 bits per heavy atom. The van der Waals surface area contributed by atoms with Crippen LogP contribution >= 0.6 is 0 Å². The quantitative estimate of drug-likeness (QED) is 0.761. The van der Waals surface area contributed by atoms with Crippen LogP contribution in [0.5, 0.6) is 0 Å². The van der Waals surface area contributed by atoms with Crippen LogP contribution in [0.2, 0.25) is 0 Å². The molecule has 1 aliphatic rings. The second-order valence-corrected chi connectivity index (χ2v) is 4.52. The van der Waals surface area contributed by atoms with Crippen LogP contribution in [0.1, 0.15) is 44.4 Å². The van der Waals surface area contributed by atoms with E-state index in [1.54, 1.807) is 6.26 Å². The molecule has 0 bridgehead atoms. The van der Waals surface area contributed by atoms with Crippen molar-refractivity contribution in [2.24, 2.45) is 0 Å². The fourth-order valence-corrected chi connectivity index (χ4v) is 1.82. The first-order valence-corrected chi connectivity index (χ1v) is 6.35. The monoisotopic (exact) mass is 236 g/mol. The second-order valence-electron chi connectivity index (χ2n) is 4.52. The van der Waals surface area contributed by atoms with E-state index in [0.717, 1.165) is 25.0 Å². The van der Waals surface area contributed by atoms with Crippen LogP contribution in [0.15, 0.2) is 22.8 Å². The van der Waals surface area contributed by atoms with Gasteiger partial charge in [0.2, 0.25) is 5.91 Å². The van der Waals surface area contributed by atoms with E-state index in [1.165, 1.54) is 0 Å². The minimum absolute atomic E-state index is 0.147. The highest BCUT2D eigenvalue weighted by Crippen LogP contribution is 2.19. The summed E-state index contributed by atoms with van der Waals surface area (Å²) in [6.07, 6.45) is 5.46. The molecule has 1 aromatic heterocycles. The standard InChI is InChI=1S/C13H20N2O2/c1-2-11(12-4-3-9-17-12)14-8-7-13(16)15-10-5-6-10/h3-4,9-11,14H,2,5-8H2,1H3,(H,15,16). The molecular formula is C13H20N2O2. The van der Waals surface area contributed by atoms with Gasteiger partial charge in [0.15, 0.2) is 0 Å². The maximum Gasteiger partial charge on any atom is 0.221 e. The van der Waals surface area contributed by atoms with Crippen molar-refractivity contribution in [3.63, 3.8) is 0 Å². The predicted molar refractivity (Wildman–Crippen MR) is 65.5 cm³/mol. The van der Waals surface area contributed by atoms with Crippen molar-refractivity contribution < 1.29 is 9.21 Å². The van der Waals surface area contributed by atoms with Crippen LogP contribution in [-0.4, -0.2) is 18.5 Å². The third-order valence-electron chi connectivity index (χ3n) is 2.98. The van der Waals surface area contributed by atoms with E-state index < -0.39 is 0 Å². The summed E-state index contributed by atoms with van der Waals surface area (Å²) in [7, 11) is 0. The van der Waals surface area contributed by atoms with Crippen LogP contribution < -0.4 is 10.6 Å². The molecule has 0 saturated heterocycles. The van der Waals surface area contributed by atoms with Gasteiger partial charge in [0.05, 0.1) is 12.3 Å². The highest BCUT2D eigenvalue weighted by molar-refractivity contribution is 5.76. The van der Waals surface area contributed by atoms with Crippen LogP contribution in [0.4, 0.5) is 0 Å². The zero-order valence-corrected chi connectivity index (χ0v) is 10.2. The van der Waals surface area contributed by atoms with Gasteiger partial charge in [-0.2, -0.15) is 0 Å². The van der Waals surface area contributed by atoms with Crippen molar-refractivity contribution in [1.29, 1.82) is 0 Å². The zero-order valence-electron chi connectivity index (χ0n) is 10.2. The van der Waals surface area contributed by atoms with Crippen LogP contribution in [0.3, 0.4) is 0 Å². The smallest absolute Gasteiger partial charge is 0.221 e. The van der Waals surface area contributed by atoms with E-state index >= 15 is 0 Å². The Morgan fingerprint density at radius 2 is 2.41 bits per heavy atom. The largest absolute Gasteiger partial charge is 0.468 e.